The van der Waals surface area contributed by atoms with Crippen LogP contribution in [0.3, 0.4) is 0 Å². The molecule has 1 N–H and O–H groups in total. The molecule has 1 saturated heterocycles. The Labute approximate surface area is 111 Å². The molecule has 1 heterocycles. The molecule has 1 aliphatic heterocycles. The summed E-state index contributed by atoms with van der Waals surface area (Å²) >= 11 is 0. The number of rotatable bonds is 5. The van der Waals surface area contributed by atoms with Crippen LogP contribution < -0.4 is 5.32 Å². The lowest BCUT2D eigenvalue weighted by atomic mass is 10.0. The van der Waals surface area contributed by atoms with Crippen molar-refractivity contribution in [3.8, 4) is 0 Å². The van der Waals surface area contributed by atoms with Crippen molar-refractivity contribution in [3.05, 3.63) is 35.9 Å². The zero-order chi connectivity index (χ0) is 13.0. The normalized spacial score (nSPS) is 26.4. The summed E-state index contributed by atoms with van der Waals surface area (Å²) in [5, 5.41) is 3.61. The molecule has 1 aromatic carbocycles. The van der Waals surface area contributed by atoms with Crippen molar-refractivity contribution in [2.45, 2.75) is 26.8 Å². The van der Waals surface area contributed by atoms with Gasteiger partial charge in [-0.25, -0.2) is 0 Å². The Bertz CT molecular complexity index is 339. The van der Waals surface area contributed by atoms with E-state index in [1.807, 2.05) is 0 Å². The van der Waals surface area contributed by atoms with E-state index in [4.69, 9.17) is 0 Å². The fraction of sp³-hybridized carbons (Fsp3) is 0.625. The molecule has 1 fully saturated rings. The van der Waals surface area contributed by atoms with E-state index in [1.54, 1.807) is 0 Å². The summed E-state index contributed by atoms with van der Waals surface area (Å²) in [7, 11) is 0. The Morgan fingerprint density at radius 1 is 1.17 bits per heavy atom. The highest BCUT2D eigenvalue weighted by molar-refractivity contribution is 5.19. The molecule has 0 bridgehead atoms. The van der Waals surface area contributed by atoms with Crippen molar-refractivity contribution in [3.63, 3.8) is 0 Å². The second kappa shape index (κ2) is 6.35. The van der Waals surface area contributed by atoms with Gasteiger partial charge in [0.05, 0.1) is 0 Å². The van der Waals surface area contributed by atoms with Gasteiger partial charge in [0.25, 0.3) is 0 Å². The van der Waals surface area contributed by atoms with E-state index in [0.29, 0.717) is 6.04 Å². The van der Waals surface area contributed by atoms with Gasteiger partial charge in [0, 0.05) is 25.7 Å². The van der Waals surface area contributed by atoms with Gasteiger partial charge < -0.3 is 10.2 Å². The van der Waals surface area contributed by atoms with Crippen molar-refractivity contribution in [2.75, 3.05) is 26.2 Å². The van der Waals surface area contributed by atoms with Crippen LogP contribution in [0.25, 0.3) is 0 Å². The van der Waals surface area contributed by atoms with Crippen LogP contribution in [-0.4, -0.2) is 31.1 Å². The van der Waals surface area contributed by atoms with Crippen molar-refractivity contribution < 1.29 is 0 Å². The zero-order valence-corrected chi connectivity index (χ0v) is 11.9. The topological polar surface area (TPSA) is 15.3 Å². The Kier molecular flexibility index (Phi) is 4.79. The fourth-order valence-electron chi connectivity index (χ4n) is 2.88. The molecule has 0 spiro atoms. The van der Waals surface area contributed by atoms with Crippen LogP contribution in [0.5, 0.6) is 0 Å². The van der Waals surface area contributed by atoms with Gasteiger partial charge in [-0.1, -0.05) is 51.1 Å². The third kappa shape index (κ3) is 3.33. The van der Waals surface area contributed by atoms with Gasteiger partial charge in [-0.3, -0.25) is 0 Å². The molecule has 1 aromatic rings. The first-order chi connectivity index (χ1) is 8.70. The van der Waals surface area contributed by atoms with Gasteiger partial charge in [0.15, 0.2) is 0 Å². The van der Waals surface area contributed by atoms with Gasteiger partial charge in [0.1, 0.15) is 0 Å². The third-order valence-electron chi connectivity index (χ3n) is 4.16. The van der Waals surface area contributed by atoms with Crippen LogP contribution in [0.1, 0.15) is 32.4 Å². The number of nitrogens with zero attached hydrogens (tertiary/aromatic N) is 1. The highest BCUT2D eigenvalue weighted by Gasteiger charge is 2.27. The summed E-state index contributed by atoms with van der Waals surface area (Å²) in [6, 6.07) is 11.3. The van der Waals surface area contributed by atoms with E-state index >= 15 is 0 Å². The van der Waals surface area contributed by atoms with Crippen LogP contribution >= 0.6 is 0 Å². The molecule has 0 aliphatic carbocycles. The number of hydrogen-bond acceptors (Lipinski definition) is 2. The molecule has 2 nitrogen and oxygen atoms in total. The number of likely N-dealkylation sites (tertiary alicyclic amines) is 1. The minimum Gasteiger partial charge on any atom is -0.309 e. The molecule has 3 unspecified atom stereocenters. The molecule has 0 aromatic heterocycles. The van der Waals surface area contributed by atoms with E-state index in [1.165, 1.54) is 18.7 Å². The molecule has 100 valence electrons. The zero-order valence-electron chi connectivity index (χ0n) is 11.9. The predicted octanol–water partition coefficient (Wildman–Crippen LogP) is 2.93. The standard InChI is InChI=1S/C16H26N2/c1-4-17-16(15-8-6-5-7-9-15)12-18-10-13(2)14(3)11-18/h5-9,13-14,16-17H,4,10-12H2,1-3H3. The molecular formula is C16H26N2. The fourth-order valence-corrected chi connectivity index (χ4v) is 2.88. The van der Waals surface area contributed by atoms with Crippen molar-refractivity contribution in [1.82, 2.24) is 10.2 Å². The first kappa shape index (κ1) is 13.6. The first-order valence-electron chi connectivity index (χ1n) is 7.21. The molecule has 0 saturated carbocycles. The van der Waals surface area contributed by atoms with E-state index in [2.05, 4.69) is 61.3 Å². The van der Waals surface area contributed by atoms with Gasteiger partial charge in [-0.2, -0.15) is 0 Å². The largest absolute Gasteiger partial charge is 0.309 e. The number of nitrogens with one attached hydrogen (secondary N) is 1. The van der Waals surface area contributed by atoms with Crippen LogP contribution in [-0.2, 0) is 0 Å². The Hall–Kier alpha value is -0.860. The van der Waals surface area contributed by atoms with E-state index in [-0.39, 0.29) is 0 Å². The average molecular weight is 246 g/mol. The summed E-state index contributed by atoms with van der Waals surface area (Å²) in [4.78, 5) is 2.61. The molecule has 2 heteroatoms. The molecule has 0 radical (unpaired) electrons. The molecule has 18 heavy (non-hydrogen) atoms. The first-order valence-corrected chi connectivity index (χ1v) is 7.21. The average Bonchev–Trinajstić information content (AvgIpc) is 2.69. The van der Waals surface area contributed by atoms with Crippen LogP contribution in [0.15, 0.2) is 30.3 Å². The van der Waals surface area contributed by atoms with Crippen LogP contribution in [0.4, 0.5) is 0 Å². The number of likely N-dealkylation sites (N-methyl/N-ethyl adjacent to an activating group) is 1. The highest BCUT2D eigenvalue weighted by Crippen LogP contribution is 2.24. The minimum absolute atomic E-state index is 0.466. The quantitative estimate of drug-likeness (QED) is 0.859. The van der Waals surface area contributed by atoms with Crippen LogP contribution in [0.2, 0.25) is 0 Å². The maximum Gasteiger partial charge on any atom is 0.0449 e. The highest BCUT2D eigenvalue weighted by atomic mass is 15.2. The van der Waals surface area contributed by atoms with E-state index in [9.17, 15) is 0 Å². The summed E-state index contributed by atoms with van der Waals surface area (Å²) in [5.41, 5.74) is 1.41. The smallest absolute Gasteiger partial charge is 0.0449 e. The lowest BCUT2D eigenvalue weighted by molar-refractivity contribution is 0.283. The molecule has 0 amide bonds. The SMILES string of the molecule is CCNC(CN1CC(C)C(C)C1)c1ccccc1. The van der Waals surface area contributed by atoms with Crippen molar-refractivity contribution in [2.24, 2.45) is 11.8 Å². The third-order valence-corrected chi connectivity index (χ3v) is 4.16. The lowest BCUT2D eigenvalue weighted by Crippen LogP contribution is -2.34. The van der Waals surface area contributed by atoms with Gasteiger partial charge in [-0.15, -0.1) is 0 Å². The van der Waals surface area contributed by atoms with Crippen LogP contribution in [0, 0.1) is 11.8 Å². The monoisotopic (exact) mass is 246 g/mol. The Morgan fingerprint density at radius 2 is 1.78 bits per heavy atom. The van der Waals surface area contributed by atoms with Gasteiger partial charge >= 0.3 is 0 Å². The minimum atomic E-state index is 0.466. The molecular weight excluding hydrogens is 220 g/mol. The van der Waals surface area contributed by atoms with Crippen molar-refractivity contribution >= 4 is 0 Å². The second-order valence-electron chi connectivity index (χ2n) is 5.69. The summed E-state index contributed by atoms with van der Waals surface area (Å²) in [5.74, 6) is 1.67. The van der Waals surface area contributed by atoms with E-state index in [0.717, 1.165) is 24.9 Å². The van der Waals surface area contributed by atoms with Gasteiger partial charge in [0.2, 0.25) is 0 Å². The number of benzene rings is 1. The Balaban J connectivity index is 1.99. The predicted molar refractivity (Wildman–Crippen MR) is 77.6 cm³/mol. The second-order valence-corrected chi connectivity index (χ2v) is 5.69. The summed E-state index contributed by atoms with van der Waals surface area (Å²) in [6.07, 6.45) is 0. The molecule has 2 rings (SSSR count). The number of hydrogen-bond donors (Lipinski definition) is 1. The molecule has 3 atom stereocenters. The Morgan fingerprint density at radius 3 is 2.33 bits per heavy atom. The van der Waals surface area contributed by atoms with E-state index < -0.39 is 0 Å². The van der Waals surface area contributed by atoms with Gasteiger partial charge in [-0.05, 0) is 23.9 Å². The molecule has 1 aliphatic rings. The maximum absolute atomic E-state index is 3.61. The van der Waals surface area contributed by atoms with Crippen molar-refractivity contribution in [1.29, 1.82) is 0 Å². The summed E-state index contributed by atoms with van der Waals surface area (Å²) < 4.78 is 0. The lowest BCUT2D eigenvalue weighted by Gasteiger charge is -2.25. The maximum atomic E-state index is 3.61. The summed E-state index contributed by atoms with van der Waals surface area (Å²) in [6.45, 7) is 11.6.